The van der Waals surface area contributed by atoms with E-state index < -0.39 is 11.6 Å². The SMILES string of the molecule is COc1ccc(F)c(F)c1-c1cc(C(=O)c2nc3ccc(CN4CCOCC4)cc3[nH]2)ccn1. The molecule has 34 heavy (non-hydrogen) atoms. The highest BCUT2D eigenvalue weighted by atomic mass is 19.2. The van der Waals surface area contributed by atoms with Crippen LogP contribution in [0.4, 0.5) is 8.78 Å². The van der Waals surface area contributed by atoms with Gasteiger partial charge in [-0.05, 0) is 42.0 Å². The summed E-state index contributed by atoms with van der Waals surface area (Å²) in [6.07, 6.45) is 1.37. The molecule has 5 rings (SSSR count). The molecule has 2 aromatic heterocycles. The van der Waals surface area contributed by atoms with Gasteiger partial charge in [-0.15, -0.1) is 0 Å². The van der Waals surface area contributed by atoms with E-state index >= 15 is 0 Å². The minimum atomic E-state index is -1.09. The summed E-state index contributed by atoms with van der Waals surface area (Å²) in [6, 6.07) is 11.1. The second kappa shape index (κ2) is 9.28. The number of aromatic amines is 1. The van der Waals surface area contributed by atoms with Crippen LogP contribution in [0.3, 0.4) is 0 Å². The Balaban J connectivity index is 1.44. The molecule has 0 amide bonds. The number of ether oxygens (including phenoxy) is 2. The molecule has 1 aliphatic rings. The second-order valence-electron chi connectivity index (χ2n) is 8.02. The lowest BCUT2D eigenvalue weighted by molar-refractivity contribution is 0.0342. The zero-order valence-corrected chi connectivity index (χ0v) is 18.5. The maximum Gasteiger partial charge on any atom is 0.228 e. The van der Waals surface area contributed by atoms with Crippen LogP contribution in [0.2, 0.25) is 0 Å². The van der Waals surface area contributed by atoms with Crippen LogP contribution < -0.4 is 4.74 Å². The Labute approximate surface area is 194 Å². The van der Waals surface area contributed by atoms with E-state index in [0.717, 1.165) is 50.0 Å². The van der Waals surface area contributed by atoms with Gasteiger partial charge in [0.15, 0.2) is 17.5 Å². The molecule has 174 valence electrons. The average molecular weight is 464 g/mol. The van der Waals surface area contributed by atoms with Gasteiger partial charge in [0, 0.05) is 31.4 Å². The Morgan fingerprint density at radius 2 is 1.97 bits per heavy atom. The minimum Gasteiger partial charge on any atom is -0.496 e. The van der Waals surface area contributed by atoms with Crippen LogP contribution in [0, 0.1) is 11.6 Å². The topological polar surface area (TPSA) is 80.3 Å². The fourth-order valence-electron chi connectivity index (χ4n) is 4.07. The maximum atomic E-state index is 14.5. The number of benzene rings is 2. The third-order valence-corrected chi connectivity index (χ3v) is 5.83. The van der Waals surface area contributed by atoms with Crippen LogP contribution in [0.1, 0.15) is 21.7 Å². The van der Waals surface area contributed by atoms with Crippen molar-refractivity contribution < 1.29 is 23.0 Å². The van der Waals surface area contributed by atoms with Crippen molar-refractivity contribution in [1.29, 1.82) is 0 Å². The zero-order chi connectivity index (χ0) is 23.7. The first-order valence-electron chi connectivity index (χ1n) is 10.9. The van der Waals surface area contributed by atoms with Crippen molar-refractivity contribution in [2.75, 3.05) is 33.4 Å². The molecule has 0 bridgehead atoms. The molecule has 1 fully saturated rings. The molecule has 1 N–H and O–H groups in total. The van der Waals surface area contributed by atoms with Crippen LogP contribution in [0.5, 0.6) is 5.75 Å². The summed E-state index contributed by atoms with van der Waals surface area (Å²) in [5, 5.41) is 0. The molecule has 2 aromatic carbocycles. The van der Waals surface area contributed by atoms with E-state index in [1.807, 2.05) is 18.2 Å². The van der Waals surface area contributed by atoms with E-state index in [9.17, 15) is 13.6 Å². The fourth-order valence-corrected chi connectivity index (χ4v) is 4.07. The van der Waals surface area contributed by atoms with Gasteiger partial charge < -0.3 is 14.5 Å². The van der Waals surface area contributed by atoms with E-state index in [2.05, 4.69) is 19.9 Å². The molecular weight excluding hydrogens is 442 g/mol. The number of rotatable bonds is 6. The number of hydrogen-bond donors (Lipinski definition) is 1. The van der Waals surface area contributed by atoms with Crippen molar-refractivity contribution >= 4 is 16.8 Å². The van der Waals surface area contributed by atoms with Gasteiger partial charge >= 0.3 is 0 Å². The summed E-state index contributed by atoms with van der Waals surface area (Å²) in [7, 11) is 1.35. The number of ketones is 1. The molecule has 0 saturated carbocycles. The van der Waals surface area contributed by atoms with Crippen LogP contribution in [0.15, 0.2) is 48.7 Å². The number of carbonyl (C=O) groups excluding carboxylic acids is 1. The molecule has 0 radical (unpaired) electrons. The Morgan fingerprint density at radius 1 is 1.15 bits per heavy atom. The van der Waals surface area contributed by atoms with E-state index in [4.69, 9.17) is 9.47 Å². The van der Waals surface area contributed by atoms with Gasteiger partial charge in [0.2, 0.25) is 5.78 Å². The van der Waals surface area contributed by atoms with Gasteiger partial charge in [-0.2, -0.15) is 0 Å². The highest BCUT2D eigenvalue weighted by molar-refractivity contribution is 6.08. The maximum absolute atomic E-state index is 14.5. The molecule has 9 heteroatoms. The van der Waals surface area contributed by atoms with Gasteiger partial charge in [0.1, 0.15) is 5.75 Å². The summed E-state index contributed by atoms with van der Waals surface area (Å²) in [6.45, 7) is 4.00. The Morgan fingerprint density at radius 3 is 2.76 bits per heavy atom. The number of methoxy groups -OCH3 is 1. The van der Waals surface area contributed by atoms with E-state index in [1.165, 1.54) is 31.5 Å². The quantitative estimate of drug-likeness (QED) is 0.435. The molecule has 1 aliphatic heterocycles. The first-order chi connectivity index (χ1) is 16.5. The number of hydrogen-bond acceptors (Lipinski definition) is 6. The Kier molecular flexibility index (Phi) is 6.04. The van der Waals surface area contributed by atoms with Gasteiger partial charge in [0.05, 0.1) is 42.6 Å². The predicted octanol–water partition coefficient (Wildman–Crippen LogP) is 3.97. The second-order valence-corrected chi connectivity index (χ2v) is 8.02. The lowest BCUT2D eigenvalue weighted by atomic mass is 10.0. The minimum absolute atomic E-state index is 0.0867. The lowest BCUT2D eigenvalue weighted by Gasteiger charge is -2.26. The van der Waals surface area contributed by atoms with Crippen molar-refractivity contribution in [3.05, 3.63) is 77.2 Å². The molecule has 4 aromatic rings. The Hall–Kier alpha value is -3.69. The van der Waals surface area contributed by atoms with Crippen molar-refractivity contribution in [2.45, 2.75) is 6.54 Å². The standard InChI is InChI=1S/C25H22F2N4O3/c1-33-21-5-3-17(26)23(27)22(21)20-13-16(6-7-28-20)24(32)25-29-18-4-2-15(12-19(18)30-25)14-31-8-10-34-11-9-31/h2-7,12-13H,8-11,14H2,1H3,(H,29,30). The highest BCUT2D eigenvalue weighted by Crippen LogP contribution is 2.33. The van der Waals surface area contributed by atoms with E-state index in [-0.39, 0.29) is 34.2 Å². The number of H-pyrrole nitrogens is 1. The number of nitrogens with zero attached hydrogens (tertiary/aromatic N) is 3. The van der Waals surface area contributed by atoms with Crippen molar-refractivity contribution in [3.63, 3.8) is 0 Å². The number of carbonyl (C=O) groups is 1. The van der Waals surface area contributed by atoms with E-state index in [1.54, 1.807) is 0 Å². The number of halogens is 2. The zero-order valence-electron chi connectivity index (χ0n) is 18.5. The number of nitrogens with one attached hydrogen (secondary N) is 1. The predicted molar refractivity (Wildman–Crippen MR) is 122 cm³/mol. The third-order valence-electron chi connectivity index (χ3n) is 5.83. The molecule has 0 atom stereocenters. The summed E-state index contributed by atoms with van der Waals surface area (Å²) in [5.41, 5.74) is 2.71. The molecule has 7 nitrogen and oxygen atoms in total. The number of imidazole rings is 1. The first kappa shape index (κ1) is 22.1. The first-order valence-corrected chi connectivity index (χ1v) is 10.9. The normalized spacial score (nSPS) is 14.4. The molecule has 0 unspecified atom stereocenters. The molecular formula is C25H22F2N4O3. The summed E-state index contributed by atoms with van der Waals surface area (Å²) in [4.78, 5) is 27.1. The molecule has 0 aliphatic carbocycles. The summed E-state index contributed by atoms with van der Waals surface area (Å²) >= 11 is 0. The number of fused-ring (bicyclic) bond motifs is 1. The lowest BCUT2D eigenvalue weighted by Crippen LogP contribution is -2.35. The smallest absolute Gasteiger partial charge is 0.228 e. The van der Waals surface area contributed by atoms with Gasteiger partial charge in [-0.1, -0.05) is 6.07 Å². The number of morpholine rings is 1. The largest absolute Gasteiger partial charge is 0.496 e. The van der Waals surface area contributed by atoms with Crippen molar-refractivity contribution in [3.8, 4) is 17.0 Å². The monoisotopic (exact) mass is 464 g/mol. The highest BCUT2D eigenvalue weighted by Gasteiger charge is 2.21. The van der Waals surface area contributed by atoms with Crippen LogP contribution >= 0.6 is 0 Å². The van der Waals surface area contributed by atoms with E-state index in [0.29, 0.717) is 5.52 Å². The van der Waals surface area contributed by atoms with Crippen molar-refractivity contribution in [2.24, 2.45) is 0 Å². The van der Waals surface area contributed by atoms with Crippen molar-refractivity contribution in [1.82, 2.24) is 19.9 Å². The molecule has 3 heterocycles. The van der Waals surface area contributed by atoms with Crippen LogP contribution in [-0.2, 0) is 11.3 Å². The summed E-state index contributed by atoms with van der Waals surface area (Å²) in [5.74, 6) is -2.23. The van der Waals surface area contributed by atoms with Crippen LogP contribution in [0.25, 0.3) is 22.3 Å². The van der Waals surface area contributed by atoms with Gasteiger partial charge in [-0.25, -0.2) is 13.8 Å². The number of aromatic nitrogens is 3. The fraction of sp³-hybridized carbons (Fsp3) is 0.240. The average Bonchev–Trinajstić information content (AvgIpc) is 3.29. The summed E-state index contributed by atoms with van der Waals surface area (Å²) < 4.78 is 38.9. The molecule has 0 spiro atoms. The van der Waals surface area contributed by atoms with Gasteiger partial charge in [-0.3, -0.25) is 14.7 Å². The number of pyridine rings is 1. The third kappa shape index (κ3) is 4.27. The van der Waals surface area contributed by atoms with Gasteiger partial charge in [0.25, 0.3) is 0 Å². The molecule has 1 saturated heterocycles. The Bertz CT molecular complexity index is 1370. The van der Waals surface area contributed by atoms with Crippen LogP contribution in [-0.4, -0.2) is 59.0 Å².